The maximum absolute atomic E-state index is 12.2. The molecule has 0 spiro atoms. The summed E-state index contributed by atoms with van der Waals surface area (Å²) in [5, 5.41) is 10.8. The number of benzene rings is 2. The van der Waals surface area contributed by atoms with Gasteiger partial charge in [-0.2, -0.15) is 5.10 Å². The van der Waals surface area contributed by atoms with Crippen LogP contribution in [-0.4, -0.2) is 36.3 Å². The summed E-state index contributed by atoms with van der Waals surface area (Å²) < 4.78 is 9.78. The van der Waals surface area contributed by atoms with Crippen molar-refractivity contribution < 1.29 is 23.9 Å². The summed E-state index contributed by atoms with van der Waals surface area (Å²) in [7, 11) is 1.22. The fraction of sp³-hybridized carbons (Fsp3) is 0.0500. The fourth-order valence-corrected chi connectivity index (χ4v) is 3.15. The number of carbonyl (C=O) groups is 3. The van der Waals surface area contributed by atoms with Crippen molar-refractivity contribution >= 4 is 52.6 Å². The van der Waals surface area contributed by atoms with Crippen molar-refractivity contribution in [3.05, 3.63) is 75.7 Å². The van der Waals surface area contributed by atoms with E-state index in [1.54, 1.807) is 48.5 Å². The third kappa shape index (κ3) is 5.56. The first kappa shape index (κ1) is 21.3. The maximum Gasteiger partial charge on any atom is 0.345 e. The van der Waals surface area contributed by atoms with Crippen LogP contribution in [0.3, 0.4) is 0 Å². The molecule has 1 aliphatic heterocycles. The first-order chi connectivity index (χ1) is 14.5. The van der Waals surface area contributed by atoms with Gasteiger partial charge in [0, 0.05) is 6.08 Å². The average Bonchev–Trinajstić information content (AvgIpc) is 3.08. The molecule has 1 saturated heterocycles. The number of rotatable bonds is 5. The number of nitrogens with zero attached hydrogens (tertiary/aromatic N) is 2. The van der Waals surface area contributed by atoms with Crippen LogP contribution in [0.5, 0.6) is 5.75 Å². The largest absolute Gasteiger partial charge is 0.466 e. The van der Waals surface area contributed by atoms with Crippen molar-refractivity contribution in [2.45, 2.75) is 0 Å². The molecular formula is C20H14ClN3O5S. The molecule has 1 fully saturated rings. The lowest BCUT2D eigenvalue weighted by Crippen LogP contribution is -2.19. The van der Waals surface area contributed by atoms with E-state index < -0.39 is 17.8 Å². The molecule has 0 aliphatic carbocycles. The zero-order valence-electron chi connectivity index (χ0n) is 15.5. The lowest BCUT2D eigenvalue weighted by Gasteiger charge is -2.05. The van der Waals surface area contributed by atoms with E-state index in [0.29, 0.717) is 16.3 Å². The molecule has 2 aromatic carbocycles. The van der Waals surface area contributed by atoms with Gasteiger partial charge < -0.3 is 9.47 Å². The number of ether oxygens (including phenoxy) is 2. The minimum Gasteiger partial charge on any atom is -0.466 e. The monoisotopic (exact) mass is 443 g/mol. The van der Waals surface area contributed by atoms with Gasteiger partial charge in [0.25, 0.3) is 5.91 Å². The van der Waals surface area contributed by atoms with Crippen LogP contribution in [0.25, 0.3) is 0 Å². The van der Waals surface area contributed by atoms with Gasteiger partial charge in [0.05, 0.1) is 28.8 Å². The lowest BCUT2D eigenvalue weighted by molar-refractivity contribution is -0.135. The van der Waals surface area contributed by atoms with Crippen molar-refractivity contribution in [2.75, 3.05) is 7.11 Å². The van der Waals surface area contributed by atoms with E-state index in [9.17, 15) is 14.4 Å². The molecule has 0 saturated carbocycles. The third-order valence-electron chi connectivity index (χ3n) is 3.64. The number of carbonyl (C=O) groups excluding carboxylic acids is 3. The van der Waals surface area contributed by atoms with E-state index in [4.69, 9.17) is 16.3 Å². The molecular weight excluding hydrogens is 430 g/mol. The zero-order valence-corrected chi connectivity index (χ0v) is 17.1. The summed E-state index contributed by atoms with van der Waals surface area (Å²) in [6, 6.07) is 13.2. The van der Waals surface area contributed by atoms with Crippen molar-refractivity contribution in [1.82, 2.24) is 5.32 Å². The molecule has 1 N–H and O–H groups in total. The number of hydrogen-bond donors (Lipinski definition) is 1. The molecule has 0 unspecified atom stereocenters. The molecule has 2 aromatic rings. The van der Waals surface area contributed by atoms with Crippen LogP contribution in [0.4, 0.5) is 0 Å². The van der Waals surface area contributed by atoms with Crippen molar-refractivity contribution in [1.29, 1.82) is 0 Å². The summed E-state index contributed by atoms with van der Waals surface area (Å²) in [5.74, 6) is -1.30. The Morgan fingerprint density at radius 2 is 1.87 bits per heavy atom. The number of esters is 2. The Morgan fingerprint density at radius 3 is 2.57 bits per heavy atom. The minimum atomic E-state index is -0.632. The van der Waals surface area contributed by atoms with Crippen LogP contribution in [-0.2, 0) is 14.3 Å². The van der Waals surface area contributed by atoms with Gasteiger partial charge >= 0.3 is 11.9 Å². The Kier molecular flexibility index (Phi) is 6.99. The van der Waals surface area contributed by atoms with Gasteiger partial charge in [-0.05, 0) is 53.7 Å². The minimum absolute atomic E-state index is 0.167. The molecule has 0 aromatic heterocycles. The molecule has 1 amide bonds. The molecule has 30 heavy (non-hydrogen) atoms. The topological polar surface area (TPSA) is 106 Å². The van der Waals surface area contributed by atoms with Crippen molar-refractivity contribution in [3.63, 3.8) is 0 Å². The standard InChI is InChI=1S/C20H14ClN3O5S/c1-28-17(25)10-16-18(26)23-20(30-16)24-22-11-12-6-8-13(9-7-12)29-19(27)14-4-2-3-5-15(14)21/h2-11H,1H3,(H,23,24,26)/b16-10+,22-11?. The first-order valence-electron chi connectivity index (χ1n) is 8.43. The smallest absolute Gasteiger partial charge is 0.345 e. The first-order valence-corrected chi connectivity index (χ1v) is 9.62. The summed E-state index contributed by atoms with van der Waals surface area (Å²) in [5.41, 5.74) is 0.967. The maximum atomic E-state index is 12.2. The number of amides is 1. The Morgan fingerprint density at radius 1 is 1.13 bits per heavy atom. The van der Waals surface area contributed by atoms with E-state index >= 15 is 0 Å². The molecule has 10 heteroatoms. The third-order valence-corrected chi connectivity index (χ3v) is 4.87. The van der Waals surface area contributed by atoms with Crippen molar-refractivity contribution in [3.8, 4) is 5.75 Å². The number of methoxy groups -OCH3 is 1. The Labute approximate surface area is 180 Å². The van der Waals surface area contributed by atoms with Crippen LogP contribution in [0, 0.1) is 0 Å². The molecule has 0 atom stereocenters. The molecule has 152 valence electrons. The molecule has 3 rings (SSSR count). The molecule has 0 bridgehead atoms. The molecule has 8 nitrogen and oxygen atoms in total. The highest BCUT2D eigenvalue weighted by molar-refractivity contribution is 8.18. The fourth-order valence-electron chi connectivity index (χ4n) is 2.20. The van der Waals surface area contributed by atoms with Gasteiger partial charge in [0.15, 0.2) is 5.17 Å². The number of halogens is 1. The number of hydrogen-bond acceptors (Lipinski definition) is 8. The second-order valence-corrected chi connectivity index (χ2v) is 7.11. The molecule has 1 aliphatic rings. The normalized spacial score (nSPS) is 16.1. The van der Waals surface area contributed by atoms with E-state index in [-0.39, 0.29) is 15.6 Å². The van der Waals surface area contributed by atoms with E-state index in [2.05, 4.69) is 20.3 Å². The van der Waals surface area contributed by atoms with Gasteiger partial charge in [-0.3, -0.25) is 10.1 Å². The van der Waals surface area contributed by atoms with Gasteiger partial charge in [-0.15, -0.1) is 5.10 Å². The Balaban J connectivity index is 1.60. The summed E-state index contributed by atoms with van der Waals surface area (Å²) >= 11 is 6.96. The van der Waals surface area contributed by atoms with Gasteiger partial charge in [0.1, 0.15) is 5.75 Å². The second kappa shape index (κ2) is 9.86. The predicted octanol–water partition coefficient (Wildman–Crippen LogP) is 3.17. The van der Waals surface area contributed by atoms with Crippen LogP contribution in [0.15, 0.2) is 69.7 Å². The average molecular weight is 444 g/mol. The zero-order chi connectivity index (χ0) is 21.5. The number of nitrogens with one attached hydrogen (secondary N) is 1. The van der Waals surface area contributed by atoms with Crippen LogP contribution in [0.1, 0.15) is 15.9 Å². The number of amidine groups is 1. The van der Waals surface area contributed by atoms with Crippen LogP contribution < -0.4 is 10.1 Å². The summed E-state index contributed by atoms with van der Waals surface area (Å²) in [4.78, 5) is 35.3. The number of thioether (sulfide) groups is 1. The quantitative estimate of drug-likeness (QED) is 0.250. The summed E-state index contributed by atoms with van der Waals surface area (Å²) in [6.07, 6.45) is 2.54. The van der Waals surface area contributed by atoms with E-state index in [0.717, 1.165) is 17.8 Å². The molecule has 1 heterocycles. The Bertz CT molecular complexity index is 1080. The van der Waals surface area contributed by atoms with E-state index in [1.807, 2.05) is 0 Å². The predicted molar refractivity (Wildman–Crippen MR) is 114 cm³/mol. The highest BCUT2D eigenvalue weighted by Crippen LogP contribution is 2.23. The molecule has 0 radical (unpaired) electrons. The summed E-state index contributed by atoms with van der Waals surface area (Å²) in [6.45, 7) is 0. The highest BCUT2D eigenvalue weighted by Gasteiger charge is 2.25. The highest BCUT2D eigenvalue weighted by atomic mass is 35.5. The van der Waals surface area contributed by atoms with Gasteiger partial charge in [-0.1, -0.05) is 23.7 Å². The van der Waals surface area contributed by atoms with Crippen LogP contribution >= 0.6 is 23.4 Å². The van der Waals surface area contributed by atoms with Crippen LogP contribution in [0.2, 0.25) is 5.02 Å². The lowest BCUT2D eigenvalue weighted by atomic mass is 10.2. The van der Waals surface area contributed by atoms with Gasteiger partial charge in [0.2, 0.25) is 0 Å². The second-order valence-electron chi connectivity index (χ2n) is 5.68. The van der Waals surface area contributed by atoms with Crippen molar-refractivity contribution in [2.24, 2.45) is 10.2 Å². The van der Waals surface area contributed by atoms with E-state index in [1.165, 1.54) is 13.3 Å². The van der Waals surface area contributed by atoms with Gasteiger partial charge in [-0.25, -0.2) is 9.59 Å². The SMILES string of the molecule is COC(=O)/C=C1/S/C(=N\N=Cc2ccc(OC(=O)c3ccccc3Cl)cc2)NC1=O. The Hall–Kier alpha value is -3.43.